The van der Waals surface area contributed by atoms with Crippen molar-refractivity contribution >= 4 is 29.5 Å². The molecule has 0 bridgehead atoms. The van der Waals surface area contributed by atoms with Crippen molar-refractivity contribution in [2.24, 2.45) is 0 Å². The molecule has 0 atom stereocenters. The van der Waals surface area contributed by atoms with Crippen LogP contribution in [-0.4, -0.2) is 9.40 Å². The Morgan fingerprint density at radius 2 is 2.33 bits per heavy atom. The average molecular weight is 201 g/mol. The zero-order valence-electron chi connectivity index (χ0n) is 6.17. The molecule has 0 aliphatic carbocycles. The van der Waals surface area contributed by atoms with Crippen LogP contribution in [0.2, 0.25) is 5.02 Å². The minimum absolute atomic E-state index is 0.611. The van der Waals surface area contributed by atoms with Gasteiger partial charge in [0.1, 0.15) is 0 Å². The van der Waals surface area contributed by atoms with Crippen molar-refractivity contribution in [1.29, 1.82) is 0 Å². The van der Waals surface area contributed by atoms with Gasteiger partial charge >= 0.3 is 0 Å². The Morgan fingerprint density at radius 1 is 1.50 bits per heavy atom. The standard InChI is InChI=1S/C8H6Cl2N2/c9-7-1-3-11-8-2-4-12(10)5-6(7)8/h1-4H,5H2. The Labute approximate surface area is 80.5 Å². The van der Waals surface area contributed by atoms with Gasteiger partial charge in [0.05, 0.1) is 12.2 Å². The van der Waals surface area contributed by atoms with Gasteiger partial charge in [-0.05, 0) is 12.1 Å². The van der Waals surface area contributed by atoms with Gasteiger partial charge in [-0.1, -0.05) is 11.6 Å². The predicted molar refractivity (Wildman–Crippen MR) is 49.7 cm³/mol. The molecule has 1 aromatic rings. The van der Waals surface area contributed by atoms with Gasteiger partial charge in [-0.15, -0.1) is 0 Å². The first-order valence-electron chi connectivity index (χ1n) is 3.51. The smallest absolute Gasteiger partial charge is 0.0709 e. The average Bonchev–Trinajstić information content (AvgIpc) is 2.07. The van der Waals surface area contributed by atoms with Gasteiger partial charge in [0.25, 0.3) is 0 Å². The maximum Gasteiger partial charge on any atom is 0.0709 e. The molecule has 0 saturated carbocycles. The van der Waals surface area contributed by atoms with E-state index in [1.807, 2.05) is 6.08 Å². The van der Waals surface area contributed by atoms with Crippen LogP contribution in [0.3, 0.4) is 0 Å². The number of rotatable bonds is 0. The minimum atomic E-state index is 0.611. The molecule has 2 heterocycles. The van der Waals surface area contributed by atoms with Crippen molar-refractivity contribution in [2.45, 2.75) is 6.54 Å². The molecule has 12 heavy (non-hydrogen) atoms. The van der Waals surface area contributed by atoms with E-state index >= 15 is 0 Å². The summed E-state index contributed by atoms with van der Waals surface area (Å²) in [6, 6.07) is 1.77. The molecule has 0 fully saturated rings. The van der Waals surface area contributed by atoms with E-state index in [-0.39, 0.29) is 0 Å². The molecule has 0 unspecified atom stereocenters. The minimum Gasteiger partial charge on any atom is -0.288 e. The molecule has 62 valence electrons. The molecule has 1 aliphatic heterocycles. The third-order valence-corrected chi connectivity index (χ3v) is 2.32. The third kappa shape index (κ3) is 1.28. The summed E-state index contributed by atoms with van der Waals surface area (Å²) in [6.45, 7) is 0.611. The fourth-order valence-corrected chi connectivity index (χ4v) is 1.53. The van der Waals surface area contributed by atoms with E-state index in [1.165, 1.54) is 0 Å². The van der Waals surface area contributed by atoms with Gasteiger partial charge in [0.2, 0.25) is 0 Å². The first-order valence-corrected chi connectivity index (χ1v) is 4.23. The Hall–Kier alpha value is -0.730. The van der Waals surface area contributed by atoms with Crippen LogP contribution in [0.1, 0.15) is 11.3 Å². The van der Waals surface area contributed by atoms with Gasteiger partial charge < -0.3 is 0 Å². The molecule has 1 aromatic heterocycles. The van der Waals surface area contributed by atoms with Gasteiger partial charge in [0.15, 0.2) is 0 Å². The van der Waals surface area contributed by atoms with Crippen molar-refractivity contribution in [1.82, 2.24) is 9.40 Å². The molecule has 2 nitrogen and oxygen atoms in total. The van der Waals surface area contributed by atoms with E-state index in [4.69, 9.17) is 23.4 Å². The topological polar surface area (TPSA) is 16.1 Å². The fourth-order valence-electron chi connectivity index (χ4n) is 1.14. The van der Waals surface area contributed by atoms with Gasteiger partial charge in [-0.2, -0.15) is 0 Å². The number of pyridine rings is 1. The lowest BCUT2D eigenvalue weighted by Gasteiger charge is -2.17. The number of aromatic nitrogens is 1. The van der Waals surface area contributed by atoms with Gasteiger partial charge in [-0.25, -0.2) is 0 Å². The van der Waals surface area contributed by atoms with E-state index < -0.39 is 0 Å². The van der Waals surface area contributed by atoms with Crippen LogP contribution in [0.25, 0.3) is 6.08 Å². The lowest BCUT2D eigenvalue weighted by molar-refractivity contribution is 0.592. The van der Waals surface area contributed by atoms with E-state index in [0.29, 0.717) is 6.54 Å². The summed E-state index contributed by atoms with van der Waals surface area (Å²) in [6.07, 6.45) is 5.31. The molecule has 0 radical (unpaired) electrons. The summed E-state index contributed by atoms with van der Waals surface area (Å²) in [5.74, 6) is 0. The summed E-state index contributed by atoms with van der Waals surface area (Å²) in [7, 11) is 0. The SMILES string of the molecule is Clc1ccnc2c1CN(Cl)C=C2. The molecule has 1 aliphatic rings. The highest BCUT2D eigenvalue weighted by Gasteiger charge is 2.12. The van der Waals surface area contributed by atoms with Gasteiger partial charge in [0, 0.05) is 34.8 Å². The van der Waals surface area contributed by atoms with Crippen molar-refractivity contribution in [3.8, 4) is 0 Å². The molecule has 0 amide bonds. The quantitative estimate of drug-likeness (QED) is 0.600. The number of hydrogen-bond donors (Lipinski definition) is 0. The highest BCUT2D eigenvalue weighted by atomic mass is 35.5. The Morgan fingerprint density at radius 3 is 3.17 bits per heavy atom. The second kappa shape index (κ2) is 2.96. The molecule has 0 aromatic carbocycles. The molecule has 0 spiro atoms. The molecule has 0 N–H and O–H groups in total. The lowest BCUT2D eigenvalue weighted by atomic mass is 10.1. The van der Waals surface area contributed by atoms with Gasteiger partial charge in [-0.3, -0.25) is 9.40 Å². The van der Waals surface area contributed by atoms with E-state index in [0.717, 1.165) is 16.3 Å². The summed E-state index contributed by atoms with van der Waals surface area (Å²) in [4.78, 5) is 4.16. The van der Waals surface area contributed by atoms with Crippen molar-refractivity contribution in [3.05, 3.63) is 34.7 Å². The van der Waals surface area contributed by atoms with Crippen molar-refractivity contribution in [2.75, 3.05) is 0 Å². The normalized spacial score (nSPS) is 14.7. The Balaban J connectivity index is 2.53. The number of halogens is 2. The first-order chi connectivity index (χ1) is 5.77. The van der Waals surface area contributed by atoms with Crippen LogP contribution in [0.4, 0.5) is 0 Å². The molecular weight excluding hydrogens is 195 g/mol. The van der Waals surface area contributed by atoms with Crippen LogP contribution in [0.15, 0.2) is 18.5 Å². The molecule has 4 heteroatoms. The molecule has 0 saturated heterocycles. The zero-order valence-corrected chi connectivity index (χ0v) is 7.68. The van der Waals surface area contributed by atoms with Crippen LogP contribution in [0.5, 0.6) is 0 Å². The summed E-state index contributed by atoms with van der Waals surface area (Å²) >= 11 is 11.7. The van der Waals surface area contributed by atoms with Crippen molar-refractivity contribution < 1.29 is 0 Å². The summed E-state index contributed by atoms with van der Waals surface area (Å²) in [5.41, 5.74) is 1.89. The Bertz CT molecular complexity index is 336. The monoisotopic (exact) mass is 200 g/mol. The van der Waals surface area contributed by atoms with Crippen LogP contribution in [0, 0.1) is 0 Å². The summed E-state index contributed by atoms with van der Waals surface area (Å²) < 4.78 is 1.55. The zero-order chi connectivity index (χ0) is 8.55. The largest absolute Gasteiger partial charge is 0.288 e. The van der Waals surface area contributed by atoms with E-state index in [9.17, 15) is 0 Å². The fraction of sp³-hybridized carbons (Fsp3) is 0.125. The Kier molecular flexibility index (Phi) is 1.95. The summed E-state index contributed by atoms with van der Waals surface area (Å²) in [5, 5.41) is 0.718. The maximum absolute atomic E-state index is 5.95. The van der Waals surface area contributed by atoms with Crippen LogP contribution < -0.4 is 0 Å². The van der Waals surface area contributed by atoms with E-state index in [2.05, 4.69) is 4.98 Å². The lowest BCUT2D eigenvalue weighted by Crippen LogP contribution is -2.10. The third-order valence-electron chi connectivity index (χ3n) is 1.74. The second-order valence-corrected chi connectivity index (χ2v) is 3.37. The molecule has 2 rings (SSSR count). The molecular formula is C8H6Cl2N2. The predicted octanol–water partition coefficient (Wildman–Crippen LogP) is 2.68. The maximum atomic E-state index is 5.95. The van der Waals surface area contributed by atoms with Crippen LogP contribution in [-0.2, 0) is 6.54 Å². The van der Waals surface area contributed by atoms with Crippen molar-refractivity contribution in [3.63, 3.8) is 0 Å². The second-order valence-electron chi connectivity index (χ2n) is 2.53. The van der Waals surface area contributed by atoms with E-state index in [1.54, 1.807) is 22.9 Å². The number of fused-ring (bicyclic) bond motifs is 1. The first kappa shape index (κ1) is 7.90. The van der Waals surface area contributed by atoms with Crippen LogP contribution >= 0.6 is 23.4 Å². The number of nitrogens with zero attached hydrogens (tertiary/aromatic N) is 2. The number of hydrogen-bond acceptors (Lipinski definition) is 2. The highest BCUT2D eigenvalue weighted by molar-refractivity contribution is 6.31. The highest BCUT2D eigenvalue weighted by Crippen LogP contribution is 2.25.